The van der Waals surface area contributed by atoms with Gasteiger partial charge in [-0.25, -0.2) is 0 Å². The summed E-state index contributed by atoms with van der Waals surface area (Å²) >= 11 is 1.73. The van der Waals surface area contributed by atoms with E-state index in [1.54, 1.807) is 11.8 Å². The second-order valence-electron chi connectivity index (χ2n) is 5.61. The molecule has 0 bridgehead atoms. The number of rotatable bonds is 2. The largest absolute Gasteiger partial charge is 0.393 e. The van der Waals surface area contributed by atoms with Gasteiger partial charge in [-0.05, 0) is 24.5 Å². The molecule has 1 nitrogen and oxygen atoms in total. The first-order chi connectivity index (χ1) is 9.55. The van der Waals surface area contributed by atoms with E-state index in [9.17, 15) is 13.2 Å². The zero-order chi connectivity index (χ0) is 14.2. The molecule has 1 fully saturated rings. The number of halogens is 3. The molecule has 3 rings (SSSR count). The second kappa shape index (κ2) is 5.60. The Hall–Kier alpha value is -0.680. The maximum absolute atomic E-state index is 13.1. The lowest BCUT2D eigenvalue weighted by Gasteiger charge is -2.35. The van der Waals surface area contributed by atoms with E-state index in [-0.39, 0.29) is 12.5 Å². The average molecular weight is 301 g/mol. The zero-order valence-electron chi connectivity index (χ0n) is 11.1. The van der Waals surface area contributed by atoms with E-state index in [0.717, 1.165) is 17.7 Å². The maximum atomic E-state index is 13.1. The van der Waals surface area contributed by atoms with Crippen LogP contribution in [-0.2, 0) is 0 Å². The molecule has 1 N–H and O–H groups in total. The van der Waals surface area contributed by atoms with Crippen molar-refractivity contribution in [3.63, 3.8) is 0 Å². The Balaban J connectivity index is 1.74. The van der Waals surface area contributed by atoms with Crippen molar-refractivity contribution >= 4 is 11.8 Å². The summed E-state index contributed by atoms with van der Waals surface area (Å²) in [7, 11) is 0. The lowest BCUT2D eigenvalue weighted by Crippen LogP contribution is -2.46. The van der Waals surface area contributed by atoms with Gasteiger partial charge in [0.25, 0.3) is 0 Å². The number of nitrogens with one attached hydrogen (secondary N) is 1. The molecule has 3 unspecified atom stereocenters. The molecule has 3 atom stereocenters. The molecule has 2 aliphatic rings. The highest BCUT2D eigenvalue weighted by atomic mass is 32.2. The summed E-state index contributed by atoms with van der Waals surface area (Å²) in [5.41, 5.74) is 1.16. The first-order valence-electron chi connectivity index (χ1n) is 7.10. The molecule has 110 valence electrons. The Morgan fingerprint density at radius 3 is 2.65 bits per heavy atom. The van der Waals surface area contributed by atoms with Crippen molar-refractivity contribution in [3.8, 4) is 0 Å². The molecule has 1 aromatic rings. The maximum Gasteiger partial charge on any atom is 0.393 e. The molecular weight excluding hydrogens is 283 g/mol. The van der Waals surface area contributed by atoms with Crippen LogP contribution in [0.3, 0.4) is 0 Å². The molecule has 1 aliphatic heterocycles. The molecular formula is C15H18F3NS. The fraction of sp³-hybridized carbons (Fsp3) is 0.600. The highest BCUT2D eigenvalue weighted by Gasteiger charge is 2.46. The van der Waals surface area contributed by atoms with Crippen molar-refractivity contribution < 1.29 is 13.2 Å². The number of alkyl halides is 3. The van der Waals surface area contributed by atoms with Crippen molar-refractivity contribution in [1.29, 1.82) is 0 Å². The van der Waals surface area contributed by atoms with Crippen molar-refractivity contribution in [2.75, 3.05) is 5.75 Å². The average Bonchev–Trinajstić information content (AvgIpc) is 2.82. The standard InChI is InChI=1S/C15H18F3NS/c16-15(17,18)11-6-2-3-7-12(11)19-13-9-20-14-8-4-1-5-10(13)14/h1,4-5,8,11-13,19H,2-3,6-7,9H2. The molecule has 0 saturated heterocycles. The van der Waals surface area contributed by atoms with Gasteiger partial charge in [0.1, 0.15) is 0 Å². The molecule has 0 aromatic heterocycles. The zero-order valence-corrected chi connectivity index (χ0v) is 11.9. The van der Waals surface area contributed by atoms with Crippen LogP contribution < -0.4 is 5.32 Å². The molecule has 1 saturated carbocycles. The Bertz CT molecular complexity index is 474. The number of hydrogen-bond donors (Lipinski definition) is 1. The lowest BCUT2D eigenvalue weighted by molar-refractivity contribution is -0.189. The molecule has 0 radical (unpaired) electrons. The van der Waals surface area contributed by atoms with E-state index >= 15 is 0 Å². The molecule has 5 heteroatoms. The summed E-state index contributed by atoms with van der Waals surface area (Å²) in [6.45, 7) is 0. The van der Waals surface area contributed by atoms with E-state index < -0.39 is 18.1 Å². The van der Waals surface area contributed by atoms with Gasteiger partial charge >= 0.3 is 6.18 Å². The number of thioether (sulfide) groups is 1. The van der Waals surface area contributed by atoms with E-state index in [2.05, 4.69) is 5.32 Å². The Morgan fingerprint density at radius 1 is 1.10 bits per heavy atom. The molecule has 1 heterocycles. The minimum absolute atomic E-state index is 0.0594. The Kier molecular flexibility index (Phi) is 4.00. The van der Waals surface area contributed by atoms with E-state index in [0.29, 0.717) is 12.8 Å². The Labute approximate surface area is 121 Å². The SMILES string of the molecule is FC(F)(F)C1CCCCC1NC1CSc2ccccc21. The summed E-state index contributed by atoms with van der Waals surface area (Å²) < 4.78 is 39.3. The molecule has 0 amide bonds. The topological polar surface area (TPSA) is 12.0 Å². The van der Waals surface area contributed by atoms with Crippen LogP contribution in [-0.4, -0.2) is 18.0 Å². The predicted octanol–water partition coefficient (Wildman–Crippen LogP) is 4.54. The van der Waals surface area contributed by atoms with Crippen molar-refractivity contribution in [3.05, 3.63) is 29.8 Å². The minimum atomic E-state index is -4.08. The third-order valence-corrected chi connectivity index (χ3v) is 5.48. The van der Waals surface area contributed by atoms with Gasteiger partial charge in [-0.15, -0.1) is 11.8 Å². The van der Waals surface area contributed by atoms with E-state index in [1.165, 1.54) is 4.90 Å². The minimum Gasteiger partial charge on any atom is -0.306 e. The van der Waals surface area contributed by atoms with E-state index in [4.69, 9.17) is 0 Å². The normalized spacial score (nSPS) is 30.2. The van der Waals surface area contributed by atoms with Crippen molar-refractivity contribution in [2.24, 2.45) is 5.92 Å². The Morgan fingerprint density at radius 2 is 1.85 bits per heavy atom. The summed E-state index contributed by atoms with van der Waals surface area (Å²) in [6.07, 6.45) is -1.59. The van der Waals surface area contributed by atoms with Crippen LogP contribution in [0.5, 0.6) is 0 Å². The van der Waals surface area contributed by atoms with Crippen molar-refractivity contribution in [1.82, 2.24) is 5.32 Å². The molecule has 1 aliphatic carbocycles. The van der Waals surface area contributed by atoms with E-state index in [1.807, 2.05) is 24.3 Å². The van der Waals surface area contributed by atoms with Gasteiger partial charge in [-0.1, -0.05) is 31.0 Å². The fourth-order valence-electron chi connectivity index (χ4n) is 3.28. The monoisotopic (exact) mass is 301 g/mol. The van der Waals surface area contributed by atoms with Gasteiger partial charge in [-0.2, -0.15) is 13.2 Å². The van der Waals surface area contributed by atoms with Gasteiger partial charge in [0.2, 0.25) is 0 Å². The highest BCUT2D eigenvalue weighted by molar-refractivity contribution is 7.99. The molecule has 0 spiro atoms. The highest BCUT2D eigenvalue weighted by Crippen LogP contribution is 2.42. The lowest BCUT2D eigenvalue weighted by atomic mass is 9.83. The van der Waals surface area contributed by atoms with Gasteiger partial charge in [0, 0.05) is 22.7 Å². The number of hydrogen-bond acceptors (Lipinski definition) is 2. The smallest absolute Gasteiger partial charge is 0.306 e. The summed E-state index contributed by atoms with van der Waals surface area (Å²) in [6, 6.07) is 7.64. The quantitative estimate of drug-likeness (QED) is 0.860. The predicted molar refractivity (Wildman–Crippen MR) is 74.8 cm³/mol. The second-order valence-corrected chi connectivity index (χ2v) is 6.67. The first-order valence-corrected chi connectivity index (χ1v) is 8.09. The van der Waals surface area contributed by atoms with Crippen LogP contribution in [0.1, 0.15) is 37.3 Å². The van der Waals surface area contributed by atoms with Gasteiger partial charge in [0.05, 0.1) is 5.92 Å². The van der Waals surface area contributed by atoms with Crippen molar-refractivity contribution in [2.45, 2.75) is 48.8 Å². The summed E-state index contributed by atoms with van der Waals surface area (Å²) in [5.74, 6) is -0.352. The third-order valence-electron chi connectivity index (χ3n) is 4.30. The number of fused-ring (bicyclic) bond motifs is 1. The third kappa shape index (κ3) is 2.84. The fourth-order valence-corrected chi connectivity index (χ4v) is 4.45. The summed E-state index contributed by atoms with van der Waals surface area (Å²) in [4.78, 5) is 1.20. The first kappa shape index (κ1) is 14.3. The number of benzene rings is 1. The molecule has 1 aromatic carbocycles. The van der Waals surface area contributed by atoms with Gasteiger partial charge in [0.15, 0.2) is 0 Å². The van der Waals surface area contributed by atoms with Crippen LogP contribution in [0.2, 0.25) is 0 Å². The van der Waals surface area contributed by atoms with Gasteiger partial charge in [-0.3, -0.25) is 0 Å². The van der Waals surface area contributed by atoms with Crippen LogP contribution in [0.4, 0.5) is 13.2 Å². The van der Waals surface area contributed by atoms with Crippen LogP contribution in [0, 0.1) is 5.92 Å². The molecule has 20 heavy (non-hydrogen) atoms. The van der Waals surface area contributed by atoms with Crippen LogP contribution in [0.15, 0.2) is 29.2 Å². The van der Waals surface area contributed by atoms with Crippen LogP contribution >= 0.6 is 11.8 Å². The van der Waals surface area contributed by atoms with Crippen LogP contribution in [0.25, 0.3) is 0 Å². The van der Waals surface area contributed by atoms with Gasteiger partial charge < -0.3 is 5.32 Å². The summed E-state index contributed by atoms with van der Waals surface area (Å²) in [5, 5.41) is 3.29.